The molecule has 1 aromatic rings. The summed E-state index contributed by atoms with van der Waals surface area (Å²) in [6.45, 7) is 3.51. The van der Waals surface area contributed by atoms with Gasteiger partial charge in [-0.15, -0.1) is 0 Å². The first-order valence-corrected chi connectivity index (χ1v) is 7.91. The Morgan fingerprint density at radius 1 is 1.33 bits per heavy atom. The van der Waals surface area contributed by atoms with Crippen LogP contribution in [0.25, 0.3) is 0 Å². The summed E-state index contributed by atoms with van der Waals surface area (Å²) < 4.78 is 5.58. The van der Waals surface area contributed by atoms with E-state index in [4.69, 9.17) is 4.74 Å². The molecular weight excluding hydrogens is 264 g/mol. The molecule has 1 saturated heterocycles. The van der Waals surface area contributed by atoms with Crippen molar-refractivity contribution in [3.63, 3.8) is 0 Å². The lowest BCUT2D eigenvalue weighted by Gasteiger charge is -2.27. The van der Waals surface area contributed by atoms with Gasteiger partial charge in [0.25, 0.3) is 0 Å². The number of rotatable bonds is 2. The minimum atomic E-state index is 0.00388. The molecule has 114 valence electrons. The molecule has 0 aromatic heterocycles. The third kappa shape index (κ3) is 2.70. The number of hydrogen-bond acceptors (Lipinski definition) is 3. The third-order valence-corrected chi connectivity index (χ3v) is 4.79. The number of para-hydroxylation sites is 1. The fourth-order valence-electron chi connectivity index (χ4n) is 3.54. The Labute approximate surface area is 126 Å². The first kappa shape index (κ1) is 14.5. The molecule has 1 amide bonds. The van der Waals surface area contributed by atoms with Crippen molar-refractivity contribution in [1.82, 2.24) is 5.32 Å². The molecule has 2 heterocycles. The molecule has 1 fully saturated rings. The van der Waals surface area contributed by atoms with E-state index in [1.54, 1.807) is 0 Å². The van der Waals surface area contributed by atoms with E-state index in [1.807, 2.05) is 24.9 Å². The van der Waals surface area contributed by atoms with Gasteiger partial charge in [0.15, 0.2) is 0 Å². The van der Waals surface area contributed by atoms with Crippen LogP contribution in [0.3, 0.4) is 0 Å². The van der Waals surface area contributed by atoms with Crippen molar-refractivity contribution >= 4 is 11.6 Å². The van der Waals surface area contributed by atoms with E-state index >= 15 is 0 Å². The van der Waals surface area contributed by atoms with Crippen LogP contribution in [-0.4, -0.2) is 32.2 Å². The number of amides is 1. The van der Waals surface area contributed by atoms with Crippen LogP contribution in [-0.2, 0) is 9.53 Å². The molecule has 0 aliphatic carbocycles. The second kappa shape index (κ2) is 6.16. The molecule has 3 rings (SSSR count). The highest BCUT2D eigenvalue weighted by molar-refractivity contribution is 5.96. The van der Waals surface area contributed by atoms with E-state index < -0.39 is 0 Å². The quantitative estimate of drug-likeness (QED) is 0.909. The molecule has 2 aliphatic heterocycles. The molecule has 4 nitrogen and oxygen atoms in total. The van der Waals surface area contributed by atoms with Crippen molar-refractivity contribution in [1.29, 1.82) is 0 Å². The van der Waals surface area contributed by atoms with E-state index in [0.717, 1.165) is 31.5 Å². The molecule has 3 atom stereocenters. The first-order valence-electron chi connectivity index (χ1n) is 7.91. The summed E-state index contributed by atoms with van der Waals surface area (Å²) in [5, 5.41) is 3.38. The maximum atomic E-state index is 12.9. The number of benzene rings is 1. The average Bonchev–Trinajstić information content (AvgIpc) is 2.84. The van der Waals surface area contributed by atoms with Gasteiger partial charge in [-0.25, -0.2) is 0 Å². The van der Waals surface area contributed by atoms with Gasteiger partial charge in [0.2, 0.25) is 5.91 Å². The SMILES string of the molecule is CNC1CCCN(C(=O)C2CCOC2C)c2ccccc21. The van der Waals surface area contributed by atoms with E-state index in [0.29, 0.717) is 12.6 Å². The molecule has 0 saturated carbocycles. The van der Waals surface area contributed by atoms with Crippen LogP contribution < -0.4 is 10.2 Å². The van der Waals surface area contributed by atoms with Crippen molar-refractivity contribution in [2.45, 2.75) is 38.3 Å². The Morgan fingerprint density at radius 3 is 2.86 bits per heavy atom. The number of carbonyl (C=O) groups is 1. The van der Waals surface area contributed by atoms with Crippen molar-refractivity contribution in [2.24, 2.45) is 5.92 Å². The average molecular weight is 288 g/mol. The number of nitrogens with one attached hydrogen (secondary N) is 1. The van der Waals surface area contributed by atoms with E-state index in [-0.39, 0.29) is 17.9 Å². The van der Waals surface area contributed by atoms with Gasteiger partial charge in [-0.05, 0) is 44.9 Å². The molecule has 21 heavy (non-hydrogen) atoms. The van der Waals surface area contributed by atoms with Crippen LogP contribution in [0.15, 0.2) is 24.3 Å². The fourth-order valence-corrected chi connectivity index (χ4v) is 3.54. The largest absolute Gasteiger partial charge is 0.378 e. The Kier molecular flexibility index (Phi) is 4.27. The second-order valence-electron chi connectivity index (χ2n) is 6.00. The highest BCUT2D eigenvalue weighted by Gasteiger charge is 2.36. The number of anilines is 1. The zero-order valence-corrected chi connectivity index (χ0v) is 12.8. The van der Waals surface area contributed by atoms with E-state index in [1.165, 1.54) is 5.56 Å². The summed E-state index contributed by atoms with van der Waals surface area (Å²) in [6.07, 6.45) is 2.96. The van der Waals surface area contributed by atoms with E-state index in [9.17, 15) is 4.79 Å². The number of ether oxygens (including phenoxy) is 1. The van der Waals surface area contributed by atoms with Gasteiger partial charge in [0.1, 0.15) is 0 Å². The highest BCUT2D eigenvalue weighted by Crippen LogP contribution is 2.34. The molecule has 0 spiro atoms. The maximum absolute atomic E-state index is 12.9. The number of carbonyl (C=O) groups excluding carboxylic acids is 1. The fraction of sp³-hybridized carbons (Fsp3) is 0.588. The Bertz CT molecular complexity index is 517. The smallest absolute Gasteiger partial charge is 0.232 e. The van der Waals surface area contributed by atoms with Crippen molar-refractivity contribution < 1.29 is 9.53 Å². The normalized spacial score (nSPS) is 29.0. The monoisotopic (exact) mass is 288 g/mol. The zero-order valence-electron chi connectivity index (χ0n) is 12.8. The zero-order chi connectivity index (χ0) is 14.8. The highest BCUT2D eigenvalue weighted by atomic mass is 16.5. The predicted octanol–water partition coefficient (Wildman–Crippen LogP) is 2.50. The summed E-state index contributed by atoms with van der Waals surface area (Å²) in [6, 6.07) is 8.61. The van der Waals surface area contributed by atoms with Crippen molar-refractivity contribution in [2.75, 3.05) is 25.1 Å². The molecule has 1 N–H and O–H groups in total. The van der Waals surface area contributed by atoms with Crippen molar-refractivity contribution in [3.05, 3.63) is 29.8 Å². The van der Waals surface area contributed by atoms with Crippen LogP contribution in [0.4, 0.5) is 5.69 Å². The molecular formula is C17H24N2O2. The minimum absolute atomic E-state index is 0.00388. The molecule has 0 radical (unpaired) electrons. The van der Waals surface area contributed by atoms with Crippen LogP contribution >= 0.6 is 0 Å². The summed E-state index contributed by atoms with van der Waals surface area (Å²) in [5.41, 5.74) is 2.30. The minimum Gasteiger partial charge on any atom is -0.378 e. The molecule has 4 heteroatoms. The lowest BCUT2D eigenvalue weighted by Crippen LogP contribution is -2.39. The van der Waals surface area contributed by atoms with Crippen molar-refractivity contribution in [3.8, 4) is 0 Å². The molecule has 1 aromatic carbocycles. The van der Waals surface area contributed by atoms with Crippen LogP contribution in [0.1, 0.15) is 37.8 Å². The predicted molar refractivity (Wildman–Crippen MR) is 83.4 cm³/mol. The lowest BCUT2D eigenvalue weighted by atomic mass is 9.99. The lowest BCUT2D eigenvalue weighted by molar-refractivity contribution is -0.123. The summed E-state index contributed by atoms with van der Waals surface area (Å²) >= 11 is 0. The Morgan fingerprint density at radius 2 is 2.14 bits per heavy atom. The van der Waals surface area contributed by atoms with Crippen LogP contribution in [0, 0.1) is 5.92 Å². The van der Waals surface area contributed by atoms with Gasteiger partial charge in [-0.3, -0.25) is 4.79 Å². The Balaban J connectivity index is 1.93. The summed E-state index contributed by atoms with van der Waals surface area (Å²) in [5.74, 6) is 0.230. The van der Waals surface area contributed by atoms with Gasteiger partial charge in [-0.2, -0.15) is 0 Å². The van der Waals surface area contributed by atoms with Gasteiger partial charge in [0, 0.05) is 24.9 Å². The second-order valence-corrected chi connectivity index (χ2v) is 6.00. The van der Waals surface area contributed by atoms with Crippen LogP contribution in [0.5, 0.6) is 0 Å². The van der Waals surface area contributed by atoms with Crippen LogP contribution in [0.2, 0.25) is 0 Å². The topological polar surface area (TPSA) is 41.6 Å². The summed E-state index contributed by atoms with van der Waals surface area (Å²) in [4.78, 5) is 14.9. The first-order chi connectivity index (χ1) is 10.2. The number of fused-ring (bicyclic) bond motifs is 1. The summed E-state index contributed by atoms with van der Waals surface area (Å²) in [7, 11) is 1.99. The van der Waals surface area contributed by atoms with Gasteiger partial charge >= 0.3 is 0 Å². The van der Waals surface area contributed by atoms with Gasteiger partial charge in [-0.1, -0.05) is 18.2 Å². The molecule has 0 bridgehead atoms. The molecule has 3 unspecified atom stereocenters. The Hall–Kier alpha value is -1.39. The van der Waals surface area contributed by atoms with Gasteiger partial charge in [0.05, 0.1) is 12.0 Å². The molecule has 2 aliphatic rings. The van der Waals surface area contributed by atoms with E-state index in [2.05, 4.69) is 23.5 Å². The standard InChI is InChI=1S/C17H24N2O2/c1-12-13(9-11-21-12)17(20)19-10-5-7-15(18-2)14-6-3-4-8-16(14)19/h3-4,6,8,12-13,15,18H,5,7,9-11H2,1-2H3. The number of nitrogens with zero attached hydrogens (tertiary/aromatic N) is 1. The maximum Gasteiger partial charge on any atom is 0.232 e. The third-order valence-electron chi connectivity index (χ3n) is 4.79. The number of hydrogen-bond donors (Lipinski definition) is 1. The van der Waals surface area contributed by atoms with Gasteiger partial charge < -0.3 is 15.0 Å².